The number of ether oxygens (including phenoxy) is 2. The first-order valence-corrected chi connectivity index (χ1v) is 7.97. The number of hydrogen-bond acceptors (Lipinski definition) is 5. The number of aromatic hydroxyl groups is 1. The molecule has 0 aliphatic carbocycles. The summed E-state index contributed by atoms with van der Waals surface area (Å²) in [6.45, 7) is 0.634. The number of halogens is 2. The van der Waals surface area contributed by atoms with Gasteiger partial charge in [0.2, 0.25) is 0 Å². The highest BCUT2D eigenvalue weighted by Gasteiger charge is 2.23. The second kappa shape index (κ2) is 8.62. The first-order chi connectivity index (χ1) is 12.3. The van der Waals surface area contributed by atoms with Crippen molar-refractivity contribution in [2.24, 2.45) is 0 Å². The zero-order valence-electron chi connectivity index (χ0n) is 14.8. The third-order valence-electron chi connectivity index (χ3n) is 3.97. The van der Waals surface area contributed by atoms with Gasteiger partial charge in [-0.1, -0.05) is 30.3 Å². The molecule has 2 aromatic carbocycles. The van der Waals surface area contributed by atoms with Crippen LogP contribution in [-0.2, 0) is 16.1 Å². The molecule has 0 spiro atoms. The van der Waals surface area contributed by atoms with Gasteiger partial charge < -0.3 is 14.6 Å². The summed E-state index contributed by atoms with van der Waals surface area (Å²) in [5.41, 5.74) is 2.33. The predicted molar refractivity (Wildman–Crippen MR) is 92.3 cm³/mol. The minimum Gasteiger partial charge on any atom is -0.507 e. The maximum atomic E-state index is 12.5. The van der Waals surface area contributed by atoms with Crippen LogP contribution in [-0.4, -0.2) is 24.8 Å². The lowest BCUT2D eigenvalue weighted by Gasteiger charge is -2.19. The molecule has 7 heteroatoms. The number of methoxy groups -OCH3 is 1. The van der Waals surface area contributed by atoms with E-state index >= 15 is 0 Å². The minimum absolute atomic E-state index is 0.0386. The molecule has 1 atom stereocenters. The molecule has 0 heterocycles. The molecule has 0 fully saturated rings. The fourth-order valence-corrected chi connectivity index (χ4v) is 2.68. The number of para-hydroxylation sites is 1. The molecule has 140 valence electrons. The van der Waals surface area contributed by atoms with Gasteiger partial charge in [-0.25, -0.2) is 4.79 Å². The van der Waals surface area contributed by atoms with Crippen LogP contribution < -0.4 is 10.1 Å². The molecule has 0 aliphatic heterocycles. The van der Waals surface area contributed by atoms with Crippen LogP contribution in [0.15, 0.2) is 36.4 Å². The highest BCUT2D eigenvalue weighted by atomic mass is 19.3. The van der Waals surface area contributed by atoms with Crippen molar-refractivity contribution < 1.29 is 28.2 Å². The molecule has 0 aliphatic rings. The van der Waals surface area contributed by atoms with E-state index < -0.39 is 18.6 Å². The molecule has 5 nitrogen and oxygen atoms in total. The van der Waals surface area contributed by atoms with Gasteiger partial charge in [0.25, 0.3) is 0 Å². The van der Waals surface area contributed by atoms with Gasteiger partial charge in [0.05, 0.1) is 7.11 Å². The van der Waals surface area contributed by atoms with Crippen molar-refractivity contribution in [2.45, 2.75) is 33.0 Å². The number of carbonyl (C=O) groups is 1. The van der Waals surface area contributed by atoms with Crippen LogP contribution in [0, 0.1) is 13.8 Å². The number of phenols is 1. The summed E-state index contributed by atoms with van der Waals surface area (Å²) in [5, 5.41) is 12.9. The van der Waals surface area contributed by atoms with Crippen LogP contribution in [0.25, 0.3) is 0 Å². The van der Waals surface area contributed by atoms with Gasteiger partial charge in [0, 0.05) is 12.1 Å². The van der Waals surface area contributed by atoms with E-state index in [1.807, 2.05) is 0 Å². The van der Waals surface area contributed by atoms with Gasteiger partial charge in [0.15, 0.2) is 0 Å². The van der Waals surface area contributed by atoms with Gasteiger partial charge in [-0.05, 0) is 36.6 Å². The first kappa shape index (κ1) is 19.7. The third kappa shape index (κ3) is 4.70. The van der Waals surface area contributed by atoms with Crippen molar-refractivity contribution in [2.75, 3.05) is 7.11 Å². The molecule has 0 saturated heterocycles. The number of alkyl halides is 2. The largest absolute Gasteiger partial charge is 0.507 e. The van der Waals surface area contributed by atoms with E-state index in [2.05, 4.69) is 10.1 Å². The average Bonchev–Trinajstić information content (AvgIpc) is 2.60. The van der Waals surface area contributed by atoms with Crippen LogP contribution in [0.2, 0.25) is 0 Å². The van der Waals surface area contributed by atoms with E-state index in [1.165, 1.54) is 13.2 Å². The Morgan fingerprint density at radius 1 is 1.19 bits per heavy atom. The topological polar surface area (TPSA) is 67.8 Å². The summed E-state index contributed by atoms with van der Waals surface area (Å²) >= 11 is 0. The highest BCUT2D eigenvalue weighted by molar-refractivity contribution is 5.78. The lowest BCUT2D eigenvalue weighted by atomic mass is 10.00. The quantitative estimate of drug-likeness (QED) is 0.734. The van der Waals surface area contributed by atoms with Crippen LogP contribution in [0.1, 0.15) is 28.3 Å². The number of hydrogen-bond donors (Lipinski definition) is 2. The molecule has 2 N–H and O–H groups in total. The van der Waals surface area contributed by atoms with Gasteiger partial charge in [-0.3, -0.25) is 5.32 Å². The van der Waals surface area contributed by atoms with E-state index in [0.29, 0.717) is 22.3 Å². The molecular formula is C19H21F2NO4. The Labute approximate surface area is 150 Å². The Morgan fingerprint density at radius 2 is 1.81 bits per heavy atom. The third-order valence-corrected chi connectivity index (χ3v) is 3.97. The zero-order chi connectivity index (χ0) is 19.3. The standard InChI is InChI=1S/C19H21F2NO4/c1-11-8-14(9-12(2)17(11)23)16(18(24)25-3)22-10-13-6-4-5-7-15(13)26-19(20)21/h4-9,16,19,22-23H,10H2,1-3H3. The monoisotopic (exact) mass is 365 g/mol. The molecule has 1 unspecified atom stereocenters. The molecule has 0 radical (unpaired) electrons. The van der Waals surface area contributed by atoms with E-state index in [4.69, 9.17) is 4.74 Å². The number of nitrogens with one attached hydrogen (secondary N) is 1. The summed E-state index contributed by atoms with van der Waals surface area (Å²) in [6, 6.07) is 8.88. The highest BCUT2D eigenvalue weighted by Crippen LogP contribution is 2.28. The first-order valence-electron chi connectivity index (χ1n) is 7.97. The summed E-state index contributed by atoms with van der Waals surface area (Å²) < 4.78 is 34.4. The fourth-order valence-electron chi connectivity index (χ4n) is 2.68. The maximum Gasteiger partial charge on any atom is 0.387 e. The number of carbonyl (C=O) groups excluding carboxylic acids is 1. The molecule has 2 aromatic rings. The second-order valence-corrected chi connectivity index (χ2v) is 5.83. The fraction of sp³-hybridized carbons (Fsp3) is 0.316. The molecule has 26 heavy (non-hydrogen) atoms. The van der Waals surface area contributed by atoms with E-state index in [-0.39, 0.29) is 18.0 Å². The minimum atomic E-state index is -2.94. The molecule has 0 amide bonds. The van der Waals surface area contributed by atoms with Crippen molar-refractivity contribution >= 4 is 5.97 Å². The maximum absolute atomic E-state index is 12.5. The van der Waals surface area contributed by atoms with Crippen LogP contribution in [0.5, 0.6) is 11.5 Å². The van der Waals surface area contributed by atoms with Crippen molar-refractivity contribution in [3.63, 3.8) is 0 Å². The Hall–Kier alpha value is -2.67. The van der Waals surface area contributed by atoms with E-state index in [0.717, 1.165) is 0 Å². The SMILES string of the molecule is COC(=O)C(NCc1ccccc1OC(F)F)c1cc(C)c(O)c(C)c1. The van der Waals surface area contributed by atoms with E-state index in [1.54, 1.807) is 44.2 Å². The summed E-state index contributed by atoms with van der Waals surface area (Å²) in [7, 11) is 1.27. The van der Waals surface area contributed by atoms with Crippen molar-refractivity contribution in [3.05, 3.63) is 58.7 Å². The van der Waals surface area contributed by atoms with E-state index in [9.17, 15) is 18.7 Å². The Balaban J connectivity index is 2.27. The van der Waals surface area contributed by atoms with Crippen molar-refractivity contribution in [1.29, 1.82) is 0 Å². The van der Waals surface area contributed by atoms with Gasteiger partial charge >= 0.3 is 12.6 Å². The Kier molecular flexibility index (Phi) is 6.52. The average molecular weight is 365 g/mol. The zero-order valence-corrected chi connectivity index (χ0v) is 14.8. The van der Waals surface area contributed by atoms with Crippen molar-refractivity contribution in [1.82, 2.24) is 5.32 Å². The Bertz CT molecular complexity index is 757. The number of phenolic OH excluding ortho intramolecular Hbond substituents is 1. The smallest absolute Gasteiger partial charge is 0.387 e. The number of rotatable bonds is 7. The Morgan fingerprint density at radius 3 is 2.38 bits per heavy atom. The van der Waals surface area contributed by atoms with Gasteiger partial charge in [-0.2, -0.15) is 8.78 Å². The lowest BCUT2D eigenvalue weighted by molar-refractivity contribution is -0.143. The number of esters is 1. The van der Waals surface area contributed by atoms with Crippen LogP contribution in [0.3, 0.4) is 0 Å². The summed E-state index contributed by atoms with van der Waals surface area (Å²) in [5.74, 6) is -0.327. The molecular weight excluding hydrogens is 344 g/mol. The van der Waals surface area contributed by atoms with Crippen molar-refractivity contribution in [3.8, 4) is 11.5 Å². The van der Waals surface area contributed by atoms with Gasteiger partial charge in [0.1, 0.15) is 17.5 Å². The molecule has 2 rings (SSSR count). The number of benzene rings is 2. The molecule has 0 bridgehead atoms. The predicted octanol–water partition coefficient (Wildman–Crippen LogP) is 3.61. The molecule has 0 saturated carbocycles. The van der Waals surface area contributed by atoms with Crippen LogP contribution >= 0.6 is 0 Å². The number of aryl methyl sites for hydroxylation is 2. The lowest BCUT2D eigenvalue weighted by Crippen LogP contribution is -2.29. The van der Waals surface area contributed by atoms with Gasteiger partial charge in [-0.15, -0.1) is 0 Å². The normalized spacial score (nSPS) is 12.1. The summed E-state index contributed by atoms with van der Waals surface area (Å²) in [6.07, 6.45) is 0. The second-order valence-electron chi connectivity index (χ2n) is 5.83. The molecule has 0 aromatic heterocycles. The van der Waals surface area contributed by atoms with Crippen LogP contribution in [0.4, 0.5) is 8.78 Å². The summed E-state index contributed by atoms with van der Waals surface area (Å²) in [4.78, 5) is 12.2.